The smallest absolute Gasteiger partial charge is 0.349 e. The summed E-state index contributed by atoms with van der Waals surface area (Å²) in [7, 11) is 0. The van der Waals surface area contributed by atoms with Crippen molar-refractivity contribution in [2.75, 3.05) is 13.1 Å². The summed E-state index contributed by atoms with van der Waals surface area (Å²) < 4.78 is 1.84. The van der Waals surface area contributed by atoms with Gasteiger partial charge in [0.15, 0.2) is 11.5 Å². The Bertz CT molecular complexity index is 1100. The van der Waals surface area contributed by atoms with E-state index in [1.807, 2.05) is 30.5 Å². The van der Waals surface area contributed by atoms with Crippen molar-refractivity contribution in [2.24, 2.45) is 0 Å². The molecule has 2 heterocycles. The highest BCUT2D eigenvalue weighted by atomic mass is 16.4. The minimum atomic E-state index is -0.791. The third-order valence-corrected chi connectivity index (χ3v) is 4.73. The van der Waals surface area contributed by atoms with Gasteiger partial charge >= 0.3 is 11.7 Å². The predicted octanol–water partition coefficient (Wildman–Crippen LogP) is 1.05. The highest BCUT2D eigenvalue weighted by Gasteiger charge is 2.18. The first-order chi connectivity index (χ1) is 13.4. The Morgan fingerprint density at radius 2 is 1.89 bits per heavy atom. The molecule has 3 rings (SSSR count). The van der Waals surface area contributed by atoms with Crippen molar-refractivity contribution in [2.45, 2.75) is 39.7 Å². The van der Waals surface area contributed by atoms with Crippen molar-refractivity contribution >= 4 is 17.0 Å². The summed E-state index contributed by atoms with van der Waals surface area (Å²) in [6.45, 7) is 5.74. The molecule has 9 heteroatoms. The van der Waals surface area contributed by atoms with Gasteiger partial charge in [-0.3, -0.25) is 14.6 Å². The number of hydrogen-bond acceptors (Lipinski definition) is 6. The largest absolute Gasteiger partial charge is 0.481 e. The van der Waals surface area contributed by atoms with Crippen LogP contribution in [0.1, 0.15) is 30.4 Å². The summed E-state index contributed by atoms with van der Waals surface area (Å²) in [5.74, 6) is -0.530. The first-order valence-corrected chi connectivity index (χ1v) is 9.21. The van der Waals surface area contributed by atoms with E-state index in [9.17, 15) is 14.4 Å². The summed E-state index contributed by atoms with van der Waals surface area (Å²) in [5, 5.41) is 11.9. The molecular formula is C19H23N5O4. The normalized spacial score (nSPS) is 11.4. The number of carboxylic acids is 1. The Morgan fingerprint density at radius 1 is 1.14 bits per heavy atom. The lowest BCUT2D eigenvalue weighted by Crippen LogP contribution is -2.30. The number of fused-ring (bicyclic) bond motifs is 2. The number of aromatic amines is 1. The molecule has 0 spiro atoms. The van der Waals surface area contributed by atoms with Gasteiger partial charge in [-0.1, -0.05) is 0 Å². The molecule has 0 unspecified atom stereocenters. The number of H-pyrrole nitrogens is 1. The second kappa shape index (κ2) is 8.30. The number of hydrogen-bond donors (Lipinski definition) is 3. The zero-order chi connectivity index (χ0) is 20.3. The number of aryl methyl sites for hydroxylation is 2. The standard InChI is InChI=1S/C19H23N5O4/c1-11-9-13-14(10-12(11)2)24(8-7-20-6-4-3-5-15(25)26)17-16(21-13)18(27)23-19(28)22-17/h9-10,20H,3-8H2,1-2H3,(H,25,26)(H,23,27,28). The molecule has 0 aromatic heterocycles. The van der Waals surface area contributed by atoms with Crippen molar-refractivity contribution in [1.29, 1.82) is 0 Å². The van der Waals surface area contributed by atoms with Crippen LogP contribution in [0.25, 0.3) is 22.6 Å². The van der Waals surface area contributed by atoms with E-state index < -0.39 is 17.2 Å². The van der Waals surface area contributed by atoms with Gasteiger partial charge in [0.25, 0.3) is 5.56 Å². The number of carboxylic acid groups (broad SMARTS) is 1. The number of unbranched alkanes of at least 4 members (excludes halogenated alkanes) is 1. The molecule has 2 aliphatic rings. The molecule has 0 radical (unpaired) electrons. The number of nitrogens with zero attached hydrogens (tertiary/aromatic N) is 3. The van der Waals surface area contributed by atoms with Gasteiger partial charge in [0.05, 0.1) is 11.0 Å². The summed E-state index contributed by atoms with van der Waals surface area (Å²) in [6.07, 6.45) is 1.54. The van der Waals surface area contributed by atoms with Crippen LogP contribution in [-0.2, 0) is 11.3 Å². The fraction of sp³-hybridized carbons (Fsp3) is 0.421. The predicted molar refractivity (Wildman–Crippen MR) is 105 cm³/mol. The van der Waals surface area contributed by atoms with Gasteiger partial charge in [0, 0.05) is 19.5 Å². The molecule has 0 saturated carbocycles. The molecule has 0 atom stereocenters. The second-order valence-corrected chi connectivity index (χ2v) is 6.83. The Labute approximate surface area is 160 Å². The maximum Gasteiger partial charge on any atom is 0.349 e. The Morgan fingerprint density at radius 3 is 2.64 bits per heavy atom. The minimum absolute atomic E-state index is 0.136. The van der Waals surface area contributed by atoms with Crippen molar-refractivity contribution in [1.82, 2.24) is 24.8 Å². The molecule has 0 amide bonds. The number of nitrogens with one attached hydrogen (secondary N) is 2. The van der Waals surface area contributed by atoms with E-state index in [-0.39, 0.29) is 17.9 Å². The average Bonchev–Trinajstić information content (AvgIpc) is 2.62. The third-order valence-electron chi connectivity index (χ3n) is 4.73. The van der Waals surface area contributed by atoms with Crippen LogP contribution < -0.4 is 16.6 Å². The van der Waals surface area contributed by atoms with Gasteiger partial charge in [-0.25, -0.2) is 9.78 Å². The lowest BCUT2D eigenvalue weighted by Gasteiger charge is -2.18. The van der Waals surface area contributed by atoms with Crippen molar-refractivity contribution in [3.63, 3.8) is 0 Å². The highest BCUT2D eigenvalue weighted by molar-refractivity contribution is 5.81. The minimum Gasteiger partial charge on any atom is -0.481 e. The summed E-state index contributed by atoms with van der Waals surface area (Å²) in [6, 6.07) is 3.90. The number of carbonyl (C=O) groups is 1. The molecule has 148 valence electrons. The van der Waals surface area contributed by atoms with E-state index in [1.54, 1.807) is 0 Å². The van der Waals surface area contributed by atoms with E-state index in [0.717, 1.165) is 23.1 Å². The molecule has 3 N–H and O–H groups in total. The van der Waals surface area contributed by atoms with Crippen molar-refractivity contribution in [3.8, 4) is 11.5 Å². The van der Waals surface area contributed by atoms with E-state index >= 15 is 0 Å². The molecule has 2 aliphatic heterocycles. The van der Waals surface area contributed by atoms with E-state index in [1.165, 1.54) is 0 Å². The Kier molecular flexibility index (Phi) is 5.84. The maximum atomic E-state index is 12.2. The van der Waals surface area contributed by atoms with E-state index in [2.05, 4.69) is 20.3 Å². The Balaban J connectivity index is 1.90. The van der Waals surface area contributed by atoms with E-state index in [0.29, 0.717) is 31.6 Å². The number of aromatic nitrogens is 4. The van der Waals surface area contributed by atoms with Crippen LogP contribution in [0.4, 0.5) is 0 Å². The Hall–Kier alpha value is -3.07. The SMILES string of the molecule is Cc1cc2nc3c(=O)[nH]c(=O)nc-3n(CCNCCCCC(=O)O)c2cc1C. The first-order valence-electron chi connectivity index (χ1n) is 9.21. The van der Waals surface area contributed by atoms with Crippen molar-refractivity contribution in [3.05, 3.63) is 44.1 Å². The van der Waals surface area contributed by atoms with Crippen LogP contribution in [-0.4, -0.2) is 43.7 Å². The lowest BCUT2D eigenvalue weighted by atomic mass is 10.1. The molecule has 0 fully saturated rings. The number of aliphatic carboxylic acids is 1. The molecule has 1 aromatic carbocycles. The third kappa shape index (κ3) is 4.25. The van der Waals surface area contributed by atoms with Crippen LogP contribution in [0.3, 0.4) is 0 Å². The molecule has 1 aromatic rings. The molecular weight excluding hydrogens is 362 g/mol. The molecule has 9 nitrogen and oxygen atoms in total. The summed E-state index contributed by atoms with van der Waals surface area (Å²) in [4.78, 5) is 45.1. The second-order valence-electron chi connectivity index (χ2n) is 6.83. The number of benzene rings is 1. The van der Waals surface area contributed by atoms with Gasteiger partial charge in [-0.2, -0.15) is 4.98 Å². The molecule has 28 heavy (non-hydrogen) atoms. The van der Waals surface area contributed by atoms with Gasteiger partial charge in [0.1, 0.15) is 0 Å². The summed E-state index contributed by atoms with van der Waals surface area (Å²) >= 11 is 0. The van der Waals surface area contributed by atoms with Crippen LogP contribution in [0, 0.1) is 13.8 Å². The van der Waals surface area contributed by atoms with Crippen molar-refractivity contribution < 1.29 is 9.90 Å². The van der Waals surface area contributed by atoms with Gasteiger partial charge in [-0.05, 0) is 56.5 Å². The molecule has 0 saturated heterocycles. The summed E-state index contributed by atoms with van der Waals surface area (Å²) in [5.41, 5.74) is 2.51. The molecule has 0 bridgehead atoms. The first kappa shape index (κ1) is 19.7. The quantitative estimate of drug-likeness (QED) is 0.390. The maximum absolute atomic E-state index is 12.2. The topological polar surface area (TPSA) is 130 Å². The van der Waals surface area contributed by atoms with Gasteiger partial charge in [0.2, 0.25) is 0 Å². The number of rotatable bonds is 8. The molecule has 0 aliphatic carbocycles. The van der Waals surface area contributed by atoms with Gasteiger partial charge in [-0.15, -0.1) is 0 Å². The van der Waals surface area contributed by atoms with E-state index in [4.69, 9.17) is 5.11 Å². The monoisotopic (exact) mass is 385 g/mol. The van der Waals surface area contributed by atoms with Gasteiger partial charge < -0.3 is 15.0 Å². The van der Waals surface area contributed by atoms with Crippen LogP contribution >= 0.6 is 0 Å². The van der Waals surface area contributed by atoms with Crippen LogP contribution in [0.2, 0.25) is 0 Å². The zero-order valence-corrected chi connectivity index (χ0v) is 15.9. The highest BCUT2D eigenvalue weighted by Crippen LogP contribution is 2.23. The average molecular weight is 385 g/mol. The fourth-order valence-electron chi connectivity index (χ4n) is 3.12. The zero-order valence-electron chi connectivity index (χ0n) is 15.9. The fourth-order valence-corrected chi connectivity index (χ4v) is 3.12. The van der Waals surface area contributed by atoms with Crippen LogP contribution in [0.5, 0.6) is 0 Å². The van der Waals surface area contributed by atoms with Crippen LogP contribution in [0.15, 0.2) is 21.7 Å². The lowest BCUT2D eigenvalue weighted by molar-refractivity contribution is -0.137.